The number of halogens is 2. The van der Waals surface area contributed by atoms with Gasteiger partial charge in [-0.1, -0.05) is 35.0 Å². The van der Waals surface area contributed by atoms with Gasteiger partial charge in [0.15, 0.2) is 0 Å². The number of benzene rings is 1. The maximum atomic E-state index is 6.34. The van der Waals surface area contributed by atoms with Gasteiger partial charge in [0.1, 0.15) is 5.75 Å². The van der Waals surface area contributed by atoms with Crippen LogP contribution in [-0.4, -0.2) is 17.1 Å². The van der Waals surface area contributed by atoms with Gasteiger partial charge < -0.3 is 10.1 Å². The largest absolute Gasteiger partial charge is 0.495 e. The summed E-state index contributed by atoms with van der Waals surface area (Å²) in [5, 5.41) is 4.31. The highest BCUT2D eigenvalue weighted by atomic mass is 35.5. The summed E-state index contributed by atoms with van der Waals surface area (Å²) < 4.78 is 6.27. The van der Waals surface area contributed by atoms with E-state index in [4.69, 9.17) is 27.9 Å². The van der Waals surface area contributed by atoms with Crippen molar-refractivity contribution in [1.29, 1.82) is 0 Å². The Labute approximate surface area is 176 Å². The number of fused-ring (bicyclic) bond motifs is 1. The smallest absolute Gasteiger partial charge is 0.139 e. The average Bonchev–Trinajstić information content (AvgIpc) is 3.13. The van der Waals surface area contributed by atoms with Gasteiger partial charge >= 0.3 is 0 Å². The van der Waals surface area contributed by atoms with Crippen LogP contribution in [0.2, 0.25) is 10.0 Å². The maximum absolute atomic E-state index is 6.34. The Morgan fingerprint density at radius 2 is 1.93 bits per heavy atom. The van der Waals surface area contributed by atoms with Crippen molar-refractivity contribution in [3.63, 3.8) is 0 Å². The number of pyridine rings is 2. The van der Waals surface area contributed by atoms with Gasteiger partial charge in [0.2, 0.25) is 0 Å². The number of ether oxygens (including phenoxy) is 1. The monoisotopic (exact) mass is 425 g/mol. The fraction of sp³-hybridized carbons (Fsp3) is 0.0476. The molecule has 3 heterocycles. The van der Waals surface area contributed by atoms with E-state index in [9.17, 15) is 0 Å². The molecule has 0 radical (unpaired) electrons. The molecule has 7 heteroatoms. The standard InChI is InChI=1S/C21H13Cl2N3OS/c1-27-20-11-18(15(22)10-16(20)23)26-17-6-8-25-19-9-14(28-21(17)19)5-4-13-3-2-7-24-12-13/h2-3,6-12H,1H3,(H,25,26). The zero-order valence-corrected chi connectivity index (χ0v) is 17.0. The Hall–Kier alpha value is -2.78. The number of anilines is 2. The molecule has 0 atom stereocenters. The lowest BCUT2D eigenvalue weighted by atomic mass is 10.2. The first kappa shape index (κ1) is 18.6. The molecule has 4 nitrogen and oxygen atoms in total. The van der Waals surface area contributed by atoms with Gasteiger partial charge in [0.05, 0.1) is 43.6 Å². The van der Waals surface area contributed by atoms with Crippen LogP contribution in [0.25, 0.3) is 10.2 Å². The molecule has 4 rings (SSSR count). The highest BCUT2D eigenvalue weighted by Gasteiger charge is 2.11. The summed E-state index contributed by atoms with van der Waals surface area (Å²) in [6.45, 7) is 0. The number of nitrogens with one attached hydrogen (secondary N) is 1. The number of hydrogen-bond acceptors (Lipinski definition) is 5. The summed E-state index contributed by atoms with van der Waals surface area (Å²) in [7, 11) is 1.57. The van der Waals surface area contributed by atoms with E-state index in [1.165, 1.54) is 0 Å². The third-order valence-electron chi connectivity index (χ3n) is 3.91. The molecule has 1 aromatic carbocycles. The Kier molecular flexibility index (Phi) is 5.36. The fourth-order valence-electron chi connectivity index (χ4n) is 2.59. The first-order valence-electron chi connectivity index (χ1n) is 8.24. The molecule has 138 valence electrons. The number of rotatable bonds is 3. The number of nitrogens with zero attached hydrogens (tertiary/aromatic N) is 2. The van der Waals surface area contributed by atoms with Crippen LogP contribution in [0.4, 0.5) is 11.4 Å². The molecule has 1 N–H and O–H groups in total. The summed E-state index contributed by atoms with van der Waals surface area (Å²) >= 11 is 14.0. The molecule has 28 heavy (non-hydrogen) atoms. The number of aromatic nitrogens is 2. The van der Waals surface area contributed by atoms with E-state index in [1.807, 2.05) is 24.3 Å². The van der Waals surface area contributed by atoms with Crippen molar-refractivity contribution in [2.45, 2.75) is 0 Å². The van der Waals surface area contributed by atoms with Crippen LogP contribution in [0.3, 0.4) is 0 Å². The van der Waals surface area contributed by atoms with Gasteiger partial charge in [-0.3, -0.25) is 9.97 Å². The van der Waals surface area contributed by atoms with E-state index >= 15 is 0 Å². The Morgan fingerprint density at radius 1 is 1.04 bits per heavy atom. The summed E-state index contributed by atoms with van der Waals surface area (Å²) in [6, 6.07) is 11.1. The van der Waals surface area contributed by atoms with Gasteiger partial charge in [-0.05, 0) is 30.3 Å². The molecule has 0 amide bonds. The Bertz CT molecular complexity index is 1210. The number of hydrogen-bond donors (Lipinski definition) is 1. The maximum Gasteiger partial charge on any atom is 0.139 e. The molecule has 0 fully saturated rings. The number of thiophene rings is 1. The second kappa shape index (κ2) is 8.07. The molecule has 0 aliphatic carbocycles. The van der Waals surface area contributed by atoms with Crippen molar-refractivity contribution in [2.24, 2.45) is 0 Å². The first-order chi connectivity index (χ1) is 13.6. The third-order valence-corrected chi connectivity index (χ3v) is 5.60. The lowest BCUT2D eigenvalue weighted by Gasteiger charge is -2.12. The minimum absolute atomic E-state index is 0.460. The third kappa shape index (κ3) is 3.90. The van der Waals surface area contributed by atoms with Crippen molar-refractivity contribution in [3.8, 4) is 17.6 Å². The molecule has 0 saturated carbocycles. The quantitative estimate of drug-likeness (QED) is 0.399. The molecule has 0 aliphatic rings. The molecule has 3 aromatic heterocycles. The lowest BCUT2D eigenvalue weighted by Crippen LogP contribution is -1.94. The highest BCUT2D eigenvalue weighted by molar-refractivity contribution is 7.20. The van der Waals surface area contributed by atoms with Crippen molar-refractivity contribution in [2.75, 3.05) is 12.4 Å². The van der Waals surface area contributed by atoms with Crippen LogP contribution in [-0.2, 0) is 0 Å². The molecular weight excluding hydrogens is 413 g/mol. The fourth-order valence-corrected chi connectivity index (χ4v) is 4.04. The summed E-state index contributed by atoms with van der Waals surface area (Å²) in [4.78, 5) is 9.43. The van der Waals surface area contributed by atoms with Crippen molar-refractivity contribution < 1.29 is 4.74 Å². The van der Waals surface area contributed by atoms with E-state index in [2.05, 4.69) is 27.1 Å². The minimum Gasteiger partial charge on any atom is -0.495 e. The summed E-state index contributed by atoms with van der Waals surface area (Å²) in [5.74, 6) is 6.84. The van der Waals surface area contributed by atoms with E-state index in [-0.39, 0.29) is 0 Å². The highest BCUT2D eigenvalue weighted by Crippen LogP contribution is 2.38. The Morgan fingerprint density at radius 3 is 2.71 bits per heavy atom. The van der Waals surface area contributed by atoms with E-state index in [0.717, 1.165) is 26.3 Å². The van der Waals surface area contributed by atoms with Gasteiger partial charge in [-0.2, -0.15) is 0 Å². The average molecular weight is 426 g/mol. The van der Waals surface area contributed by atoms with Gasteiger partial charge in [0.25, 0.3) is 0 Å². The van der Waals surface area contributed by atoms with Gasteiger partial charge in [-0.15, -0.1) is 11.3 Å². The topological polar surface area (TPSA) is 47.0 Å². The molecule has 0 aliphatic heterocycles. The van der Waals surface area contributed by atoms with Crippen molar-refractivity contribution in [3.05, 3.63) is 75.5 Å². The first-order valence-corrected chi connectivity index (χ1v) is 9.82. The summed E-state index contributed by atoms with van der Waals surface area (Å²) in [6.07, 6.45) is 5.21. The predicted octanol–water partition coefficient (Wildman–Crippen LogP) is 6.15. The molecular formula is C21H13Cl2N3OS. The van der Waals surface area contributed by atoms with Crippen LogP contribution in [0.1, 0.15) is 10.4 Å². The summed E-state index contributed by atoms with van der Waals surface area (Å²) in [5.41, 5.74) is 3.32. The van der Waals surface area contributed by atoms with Crippen LogP contribution in [0.15, 0.2) is 55.0 Å². The molecule has 4 aromatic rings. The van der Waals surface area contributed by atoms with Crippen LogP contribution in [0.5, 0.6) is 5.75 Å². The minimum atomic E-state index is 0.460. The SMILES string of the molecule is COc1cc(Nc2ccnc3cc(C#Cc4cccnc4)sc23)c(Cl)cc1Cl. The molecule has 0 saturated heterocycles. The zero-order valence-electron chi connectivity index (χ0n) is 14.7. The zero-order chi connectivity index (χ0) is 19.5. The number of methoxy groups -OCH3 is 1. The molecule has 0 spiro atoms. The van der Waals surface area contributed by atoms with Gasteiger partial charge in [0, 0.05) is 30.2 Å². The second-order valence-electron chi connectivity index (χ2n) is 5.77. The van der Waals surface area contributed by atoms with Crippen LogP contribution >= 0.6 is 34.5 Å². The predicted molar refractivity (Wildman–Crippen MR) is 116 cm³/mol. The normalized spacial score (nSPS) is 10.4. The van der Waals surface area contributed by atoms with Crippen molar-refractivity contribution >= 4 is 56.1 Å². The molecule has 0 unspecified atom stereocenters. The van der Waals surface area contributed by atoms with Gasteiger partial charge in [-0.25, -0.2) is 0 Å². The lowest BCUT2D eigenvalue weighted by molar-refractivity contribution is 0.415. The van der Waals surface area contributed by atoms with Crippen LogP contribution < -0.4 is 10.1 Å². The van der Waals surface area contributed by atoms with E-state index < -0.39 is 0 Å². The van der Waals surface area contributed by atoms with E-state index in [0.29, 0.717) is 21.5 Å². The Balaban J connectivity index is 1.70. The second-order valence-corrected chi connectivity index (χ2v) is 7.63. The van der Waals surface area contributed by atoms with Crippen molar-refractivity contribution in [1.82, 2.24) is 9.97 Å². The van der Waals surface area contributed by atoms with E-state index in [1.54, 1.807) is 49.2 Å². The molecule has 0 bridgehead atoms. The van der Waals surface area contributed by atoms with Crippen LogP contribution in [0, 0.1) is 11.8 Å².